The predicted octanol–water partition coefficient (Wildman–Crippen LogP) is 1.21. The fourth-order valence-corrected chi connectivity index (χ4v) is 1.02. The number of rotatable bonds is 2. The molecule has 1 N–H and O–H groups in total. The molecule has 10 heavy (non-hydrogen) atoms. The number of carbonyl (C=O) groups excluding carboxylic acids is 1. The van der Waals surface area contributed by atoms with Crippen LogP contribution in [0.1, 0.15) is 12.8 Å². The van der Waals surface area contributed by atoms with Gasteiger partial charge in [-0.2, -0.15) is 0 Å². The van der Waals surface area contributed by atoms with Crippen molar-refractivity contribution < 1.29 is 4.79 Å². The first kappa shape index (κ1) is 7.06. The fourth-order valence-electron chi connectivity index (χ4n) is 1.02. The molecule has 1 rings (SSSR count). The molecule has 1 heterocycles. The van der Waals surface area contributed by atoms with Crippen LogP contribution in [-0.4, -0.2) is 5.91 Å². The molecule has 1 amide bonds. The second-order valence-corrected chi connectivity index (χ2v) is 2.42. The summed E-state index contributed by atoms with van der Waals surface area (Å²) in [5, 5.41) is 2.62. The lowest BCUT2D eigenvalue weighted by Gasteiger charge is -2.13. The Labute approximate surface area is 60.6 Å². The van der Waals surface area contributed by atoms with Crippen molar-refractivity contribution in [3.05, 3.63) is 24.9 Å². The van der Waals surface area contributed by atoms with E-state index in [-0.39, 0.29) is 5.91 Å². The number of nitrogens with one attached hydrogen (secondary N) is 1. The third-order valence-electron chi connectivity index (χ3n) is 1.53. The van der Waals surface area contributed by atoms with Gasteiger partial charge in [-0.3, -0.25) is 4.79 Å². The van der Waals surface area contributed by atoms with Crippen LogP contribution in [0.4, 0.5) is 0 Å². The maximum Gasteiger partial charge on any atom is 0.224 e. The van der Waals surface area contributed by atoms with Crippen molar-refractivity contribution in [1.29, 1.82) is 0 Å². The minimum Gasteiger partial charge on any atom is -0.333 e. The molecule has 1 aliphatic rings. The molecule has 0 saturated carbocycles. The third kappa shape index (κ3) is 1.72. The second-order valence-electron chi connectivity index (χ2n) is 2.42. The Morgan fingerprint density at radius 3 is 3.30 bits per heavy atom. The van der Waals surface area contributed by atoms with Gasteiger partial charge in [0.15, 0.2) is 0 Å². The summed E-state index contributed by atoms with van der Waals surface area (Å²) in [7, 11) is 0. The highest BCUT2D eigenvalue weighted by atomic mass is 16.1. The standard InChI is InChI=1S/C8H11NO/c1-2-3-7-4-5-9-8(10)6-7/h2,4-5,7H,1,3,6H2,(H,9,10). The Kier molecular flexibility index (Phi) is 2.26. The van der Waals surface area contributed by atoms with Gasteiger partial charge >= 0.3 is 0 Å². The third-order valence-corrected chi connectivity index (χ3v) is 1.53. The molecule has 54 valence electrons. The second kappa shape index (κ2) is 3.20. The van der Waals surface area contributed by atoms with E-state index >= 15 is 0 Å². The van der Waals surface area contributed by atoms with Crippen LogP contribution in [0.2, 0.25) is 0 Å². The van der Waals surface area contributed by atoms with Crippen LogP contribution in [0.5, 0.6) is 0 Å². The van der Waals surface area contributed by atoms with E-state index in [1.807, 2.05) is 12.2 Å². The zero-order chi connectivity index (χ0) is 7.40. The quantitative estimate of drug-likeness (QED) is 0.569. The average Bonchev–Trinajstić information content (AvgIpc) is 1.88. The maximum absolute atomic E-state index is 10.8. The van der Waals surface area contributed by atoms with Crippen LogP contribution in [0.3, 0.4) is 0 Å². The van der Waals surface area contributed by atoms with Crippen molar-refractivity contribution in [2.75, 3.05) is 0 Å². The van der Waals surface area contributed by atoms with E-state index in [9.17, 15) is 4.79 Å². The summed E-state index contributed by atoms with van der Waals surface area (Å²) < 4.78 is 0. The lowest BCUT2D eigenvalue weighted by molar-refractivity contribution is -0.121. The fraction of sp³-hybridized carbons (Fsp3) is 0.375. The minimum atomic E-state index is 0.106. The molecular formula is C8H11NO. The molecule has 0 saturated heterocycles. The normalized spacial score (nSPS) is 24.0. The van der Waals surface area contributed by atoms with Gasteiger partial charge in [-0.15, -0.1) is 6.58 Å². The van der Waals surface area contributed by atoms with Crippen LogP contribution < -0.4 is 5.32 Å². The van der Waals surface area contributed by atoms with Crippen LogP contribution in [0, 0.1) is 5.92 Å². The van der Waals surface area contributed by atoms with Crippen LogP contribution in [-0.2, 0) is 4.79 Å². The Morgan fingerprint density at radius 2 is 2.70 bits per heavy atom. The molecule has 0 aliphatic carbocycles. The first-order valence-corrected chi connectivity index (χ1v) is 3.40. The van der Waals surface area contributed by atoms with E-state index in [4.69, 9.17) is 0 Å². The number of hydrogen-bond donors (Lipinski definition) is 1. The SMILES string of the molecule is C=CCC1C=CNC(=O)C1. The van der Waals surface area contributed by atoms with E-state index in [0.29, 0.717) is 12.3 Å². The molecule has 1 aliphatic heterocycles. The van der Waals surface area contributed by atoms with Gasteiger partial charge in [-0.05, 0) is 12.3 Å². The summed E-state index contributed by atoms with van der Waals surface area (Å²) in [6, 6.07) is 0. The smallest absolute Gasteiger partial charge is 0.224 e. The lowest BCUT2D eigenvalue weighted by atomic mass is 9.99. The van der Waals surface area contributed by atoms with E-state index in [1.165, 1.54) is 0 Å². The summed E-state index contributed by atoms with van der Waals surface area (Å²) in [6.45, 7) is 3.61. The van der Waals surface area contributed by atoms with E-state index in [2.05, 4.69) is 11.9 Å². The Balaban J connectivity index is 2.46. The predicted molar refractivity (Wildman–Crippen MR) is 40.2 cm³/mol. The summed E-state index contributed by atoms with van der Waals surface area (Å²) in [6.07, 6.45) is 7.04. The number of hydrogen-bond acceptors (Lipinski definition) is 1. The van der Waals surface area contributed by atoms with Gasteiger partial charge < -0.3 is 5.32 Å². The van der Waals surface area contributed by atoms with Crippen LogP contribution >= 0.6 is 0 Å². The molecule has 0 spiro atoms. The molecule has 0 fully saturated rings. The lowest BCUT2D eigenvalue weighted by Crippen LogP contribution is -2.24. The molecule has 0 bridgehead atoms. The number of amides is 1. The first-order valence-electron chi connectivity index (χ1n) is 3.40. The maximum atomic E-state index is 10.8. The zero-order valence-corrected chi connectivity index (χ0v) is 5.84. The van der Waals surface area contributed by atoms with Crippen molar-refractivity contribution in [2.24, 2.45) is 5.92 Å². The van der Waals surface area contributed by atoms with E-state index in [0.717, 1.165) is 6.42 Å². The molecular weight excluding hydrogens is 126 g/mol. The summed E-state index contributed by atoms with van der Waals surface area (Å²) >= 11 is 0. The molecule has 1 atom stereocenters. The summed E-state index contributed by atoms with van der Waals surface area (Å²) in [5.74, 6) is 0.473. The van der Waals surface area contributed by atoms with E-state index < -0.39 is 0 Å². The Bertz CT molecular complexity index is 172. The highest BCUT2D eigenvalue weighted by molar-refractivity contribution is 5.78. The van der Waals surface area contributed by atoms with E-state index in [1.54, 1.807) is 6.20 Å². The van der Waals surface area contributed by atoms with Gasteiger partial charge in [0.25, 0.3) is 0 Å². The average molecular weight is 137 g/mol. The van der Waals surface area contributed by atoms with Crippen molar-refractivity contribution in [3.63, 3.8) is 0 Å². The van der Waals surface area contributed by atoms with Gasteiger partial charge in [0.2, 0.25) is 5.91 Å². The Morgan fingerprint density at radius 1 is 1.90 bits per heavy atom. The largest absolute Gasteiger partial charge is 0.333 e. The number of allylic oxidation sites excluding steroid dienone is 2. The van der Waals surface area contributed by atoms with Gasteiger partial charge in [-0.25, -0.2) is 0 Å². The zero-order valence-electron chi connectivity index (χ0n) is 5.84. The van der Waals surface area contributed by atoms with Crippen molar-refractivity contribution >= 4 is 5.91 Å². The molecule has 1 unspecified atom stereocenters. The van der Waals surface area contributed by atoms with Crippen molar-refractivity contribution in [2.45, 2.75) is 12.8 Å². The summed E-state index contributed by atoms with van der Waals surface area (Å²) in [4.78, 5) is 10.8. The first-order chi connectivity index (χ1) is 4.83. The van der Waals surface area contributed by atoms with Gasteiger partial charge in [0, 0.05) is 12.6 Å². The minimum absolute atomic E-state index is 0.106. The van der Waals surface area contributed by atoms with Crippen LogP contribution in [0.25, 0.3) is 0 Å². The summed E-state index contributed by atoms with van der Waals surface area (Å²) in [5.41, 5.74) is 0. The van der Waals surface area contributed by atoms with Crippen LogP contribution in [0.15, 0.2) is 24.9 Å². The molecule has 2 nitrogen and oxygen atoms in total. The molecule has 0 aromatic carbocycles. The molecule has 2 heteroatoms. The van der Waals surface area contributed by atoms with Gasteiger partial charge in [0.1, 0.15) is 0 Å². The highest BCUT2D eigenvalue weighted by Gasteiger charge is 2.11. The van der Waals surface area contributed by atoms with Crippen molar-refractivity contribution in [1.82, 2.24) is 5.32 Å². The highest BCUT2D eigenvalue weighted by Crippen LogP contribution is 2.13. The monoisotopic (exact) mass is 137 g/mol. The topological polar surface area (TPSA) is 29.1 Å². The van der Waals surface area contributed by atoms with Gasteiger partial charge in [0.05, 0.1) is 0 Å². The number of carbonyl (C=O) groups is 1. The van der Waals surface area contributed by atoms with Crippen molar-refractivity contribution in [3.8, 4) is 0 Å². The molecule has 0 aromatic rings. The van der Waals surface area contributed by atoms with Gasteiger partial charge in [-0.1, -0.05) is 12.2 Å². The Hall–Kier alpha value is -1.05. The molecule has 0 radical (unpaired) electrons. The molecule has 0 aromatic heterocycles.